The molecular formula is C18H24N4. The van der Waals surface area contributed by atoms with Gasteiger partial charge in [0.2, 0.25) is 0 Å². The molecule has 0 heterocycles. The molecule has 0 aliphatic heterocycles. The Morgan fingerprint density at radius 1 is 1.14 bits per heavy atom. The van der Waals surface area contributed by atoms with Crippen LogP contribution in [-0.2, 0) is 0 Å². The molecule has 0 saturated heterocycles. The molecule has 1 rings (SSSR count). The summed E-state index contributed by atoms with van der Waals surface area (Å²) in [5.41, 5.74) is 8.14. The molecule has 1 aromatic rings. The first-order valence-corrected chi connectivity index (χ1v) is 6.96. The lowest BCUT2D eigenvalue weighted by Crippen LogP contribution is -2.26. The molecule has 0 unspecified atom stereocenters. The van der Waals surface area contributed by atoms with E-state index in [9.17, 15) is 0 Å². The van der Waals surface area contributed by atoms with Gasteiger partial charge in [0.1, 0.15) is 0 Å². The monoisotopic (exact) mass is 296 g/mol. The van der Waals surface area contributed by atoms with E-state index in [-0.39, 0.29) is 0 Å². The summed E-state index contributed by atoms with van der Waals surface area (Å²) in [7, 11) is 1.84. The standard InChI is InChI=1S/C18H24N4/c1-6-13(4)14(7-2)17(20-5)18(22-19)15-11-9-10-12-16(15)21-8-3/h6-12,20-22H,1-3,19H2,4-5H3/b14-13+,18-17-. The Kier molecular flexibility index (Phi) is 6.73. The summed E-state index contributed by atoms with van der Waals surface area (Å²) in [5.74, 6) is 5.80. The predicted octanol–water partition coefficient (Wildman–Crippen LogP) is 3.28. The summed E-state index contributed by atoms with van der Waals surface area (Å²) in [5, 5.41) is 6.31. The van der Waals surface area contributed by atoms with Gasteiger partial charge in [-0.2, -0.15) is 0 Å². The van der Waals surface area contributed by atoms with Crippen molar-refractivity contribution in [3.05, 3.63) is 84.8 Å². The van der Waals surface area contributed by atoms with Gasteiger partial charge in [-0.15, -0.1) is 0 Å². The molecular weight excluding hydrogens is 272 g/mol. The van der Waals surface area contributed by atoms with Crippen molar-refractivity contribution < 1.29 is 0 Å². The fraction of sp³-hybridized carbons (Fsp3) is 0.111. The van der Waals surface area contributed by atoms with Crippen LogP contribution in [0.5, 0.6) is 0 Å². The molecule has 0 bridgehead atoms. The number of hydrogen-bond donors (Lipinski definition) is 4. The van der Waals surface area contributed by atoms with Gasteiger partial charge in [-0.1, -0.05) is 50.1 Å². The fourth-order valence-electron chi connectivity index (χ4n) is 2.19. The van der Waals surface area contributed by atoms with Gasteiger partial charge in [0.05, 0.1) is 11.4 Å². The van der Waals surface area contributed by atoms with Crippen LogP contribution in [0.1, 0.15) is 12.5 Å². The number of likely N-dealkylation sites (N-methyl/N-ethyl adjacent to an activating group) is 1. The van der Waals surface area contributed by atoms with Gasteiger partial charge in [-0.05, 0) is 24.8 Å². The predicted molar refractivity (Wildman–Crippen MR) is 96.7 cm³/mol. The van der Waals surface area contributed by atoms with Crippen LogP contribution < -0.4 is 21.9 Å². The summed E-state index contributed by atoms with van der Waals surface area (Å²) >= 11 is 0. The van der Waals surface area contributed by atoms with Crippen LogP contribution >= 0.6 is 0 Å². The van der Waals surface area contributed by atoms with Crippen molar-refractivity contribution in [2.45, 2.75) is 6.92 Å². The highest BCUT2D eigenvalue weighted by atomic mass is 15.2. The largest absolute Gasteiger partial charge is 0.386 e. The molecule has 4 nitrogen and oxygen atoms in total. The molecule has 0 aliphatic carbocycles. The van der Waals surface area contributed by atoms with Gasteiger partial charge in [-0.3, -0.25) is 5.84 Å². The topological polar surface area (TPSA) is 62.1 Å². The number of nitrogens with two attached hydrogens (primary N) is 1. The van der Waals surface area contributed by atoms with Gasteiger partial charge < -0.3 is 16.1 Å². The number of anilines is 1. The summed E-state index contributed by atoms with van der Waals surface area (Å²) in [6.07, 6.45) is 5.20. The van der Waals surface area contributed by atoms with Crippen LogP contribution in [0.3, 0.4) is 0 Å². The molecule has 0 fully saturated rings. The van der Waals surface area contributed by atoms with E-state index in [1.165, 1.54) is 0 Å². The molecule has 0 aromatic heterocycles. The maximum atomic E-state index is 5.80. The van der Waals surface area contributed by atoms with Crippen molar-refractivity contribution >= 4 is 11.4 Å². The second-order valence-corrected chi connectivity index (χ2v) is 4.54. The number of rotatable bonds is 8. The van der Waals surface area contributed by atoms with Gasteiger partial charge in [-0.25, -0.2) is 0 Å². The highest BCUT2D eigenvalue weighted by molar-refractivity contribution is 5.80. The summed E-state index contributed by atoms with van der Waals surface area (Å²) < 4.78 is 0. The smallest absolute Gasteiger partial charge is 0.0818 e. The zero-order valence-corrected chi connectivity index (χ0v) is 13.2. The Morgan fingerprint density at radius 2 is 1.82 bits per heavy atom. The van der Waals surface area contributed by atoms with Gasteiger partial charge >= 0.3 is 0 Å². The van der Waals surface area contributed by atoms with E-state index in [1.807, 2.05) is 38.2 Å². The van der Waals surface area contributed by atoms with E-state index in [0.717, 1.165) is 33.8 Å². The number of benzene rings is 1. The molecule has 22 heavy (non-hydrogen) atoms. The molecule has 116 valence electrons. The van der Waals surface area contributed by atoms with Crippen LogP contribution in [0.2, 0.25) is 0 Å². The van der Waals surface area contributed by atoms with Gasteiger partial charge in [0.15, 0.2) is 0 Å². The van der Waals surface area contributed by atoms with Crippen LogP contribution in [0.4, 0.5) is 5.69 Å². The van der Waals surface area contributed by atoms with E-state index < -0.39 is 0 Å². The SMILES string of the molecule is C=CNc1ccccc1/C(NN)=C(NC)\C(C=C)=C(/C)C=C. The van der Waals surface area contributed by atoms with Crippen molar-refractivity contribution in [2.24, 2.45) is 5.84 Å². The summed E-state index contributed by atoms with van der Waals surface area (Å²) in [6, 6.07) is 7.83. The molecule has 0 radical (unpaired) electrons. The first-order chi connectivity index (χ1) is 10.6. The maximum absolute atomic E-state index is 5.80. The lowest BCUT2D eigenvalue weighted by molar-refractivity contribution is 0.930. The first-order valence-electron chi connectivity index (χ1n) is 6.96. The Balaban J connectivity index is 3.65. The molecule has 0 saturated carbocycles. The Morgan fingerprint density at radius 3 is 2.32 bits per heavy atom. The number of hydrogen-bond acceptors (Lipinski definition) is 4. The number of para-hydroxylation sites is 1. The molecule has 0 amide bonds. The van der Waals surface area contributed by atoms with E-state index in [1.54, 1.807) is 18.4 Å². The minimum Gasteiger partial charge on any atom is -0.386 e. The average molecular weight is 296 g/mol. The van der Waals surface area contributed by atoms with E-state index >= 15 is 0 Å². The second-order valence-electron chi connectivity index (χ2n) is 4.54. The lowest BCUT2D eigenvalue weighted by atomic mass is 10.00. The number of allylic oxidation sites excluding steroid dienone is 3. The van der Waals surface area contributed by atoms with Gasteiger partial charge in [0.25, 0.3) is 0 Å². The molecule has 1 aromatic carbocycles. The third kappa shape index (κ3) is 3.68. The van der Waals surface area contributed by atoms with Crippen LogP contribution in [0.25, 0.3) is 5.70 Å². The summed E-state index contributed by atoms with van der Waals surface area (Å²) in [6.45, 7) is 13.4. The number of hydrazine groups is 1. The fourth-order valence-corrected chi connectivity index (χ4v) is 2.19. The molecule has 0 spiro atoms. The van der Waals surface area contributed by atoms with Crippen molar-refractivity contribution in [3.63, 3.8) is 0 Å². The maximum Gasteiger partial charge on any atom is 0.0818 e. The van der Waals surface area contributed by atoms with Gasteiger partial charge in [0, 0.05) is 23.9 Å². The van der Waals surface area contributed by atoms with E-state index in [2.05, 4.69) is 35.8 Å². The van der Waals surface area contributed by atoms with Crippen molar-refractivity contribution in [1.82, 2.24) is 10.7 Å². The zero-order valence-electron chi connectivity index (χ0n) is 13.2. The third-order valence-corrected chi connectivity index (χ3v) is 3.30. The zero-order chi connectivity index (χ0) is 16.5. The Labute approximate surface area is 132 Å². The lowest BCUT2D eigenvalue weighted by Gasteiger charge is -2.19. The Hall–Kier alpha value is -2.72. The first kappa shape index (κ1) is 17.3. The summed E-state index contributed by atoms with van der Waals surface area (Å²) in [4.78, 5) is 0. The normalized spacial score (nSPS) is 12.5. The molecule has 0 aliphatic rings. The number of nitrogens with one attached hydrogen (secondary N) is 3. The van der Waals surface area contributed by atoms with Crippen molar-refractivity contribution in [1.29, 1.82) is 0 Å². The van der Waals surface area contributed by atoms with Crippen molar-refractivity contribution in [3.8, 4) is 0 Å². The van der Waals surface area contributed by atoms with Crippen LogP contribution in [0, 0.1) is 0 Å². The highest BCUT2D eigenvalue weighted by Crippen LogP contribution is 2.27. The molecule has 5 N–H and O–H groups in total. The third-order valence-electron chi connectivity index (χ3n) is 3.30. The molecule has 0 atom stereocenters. The highest BCUT2D eigenvalue weighted by Gasteiger charge is 2.14. The van der Waals surface area contributed by atoms with E-state index in [4.69, 9.17) is 5.84 Å². The second kappa shape index (κ2) is 8.54. The minimum absolute atomic E-state index is 0.753. The van der Waals surface area contributed by atoms with Crippen LogP contribution in [0.15, 0.2) is 79.2 Å². The van der Waals surface area contributed by atoms with Crippen LogP contribution in [-0.4, -0.2) is 7.05 Å². The van der Waals surface area contributed by atoms with E-state index in [0.29, 0.717) is 0 Å². The quantitative estimate of drug-likeness (QED) is 0.338. The molecule has 4 heteroatoms. The Bertz CT molecular complexity index is 624. The van der Waals surface area contributed by atoms with Crippen molar-refractivity contribution in [2.75, 3.05) is 12.4 Å². The average Bonchev–Trinajstić information content (AvgIpc) is 2.55. The minimum atomic E-state index is 0.753.